The first-order chi connectivity index (χ1) is 4.91. The van der Waals surface area contributed by atoms with Gasteiger partial charge in [-0.3, -0.25) is 0 Å². The Morgan fingerprint density at radius 2 is 1.80 bits per heavy atom. The molecule has 58 valence electrons. The van der Waals surface area contributed by atoms with E-state index < -0.39 is 0 Å². The number of allylic oxidation sites excluding steroid dienone is 3. The van der Waals surface area contributed by atoms with Gasteiger partial charge in [0.15, 0.2) is 0 Å². The normalized spacial score (nSPS) is 11.8. The Kier molecular flexibility index (Phi) is 7.97. The third-order valence-electron chi connectivity index (χ3n) is 1.22. The van der Waals surface area contributed by atoms with E-state index in [4.69, 9.17) is 0 Å². The molecule has 0 aliphatic carbocycles. The number of likely N-dealkylation sites (N-methyl/N-ethyl adjacent to an activating group) is 1. The second-order valence-electron chi connectivity index (χ2n) is 2.18. The summed E-state index contributed by atoms with van der Waals surface area (Å²) in [6.45, 7) is 3.03. The van der Waals surface area contributed by atoms with Gasteiger partial charge < -0.3 is 5.32 Å². The van der Waals surface area contributed by atoms with Crippen molar-refractivity contribution in [1.29, 1.82) is 0 Å². The Morgan fingerprint density at radius 3 is 2.40 bits per heavy atom. The molecule has 0 unspecified atom stereocenters. The largest absolute Gasteiger partial charge is 0.316 e. The van der Waals surface area contributed by atoms with Crippen LogP contribution in [0.5, 0.6) is 0 Å². The predicted octanol–water partition coefficient (Wildman–Crippen LogP) is 2.12. The van der Waals surface area contributed by atoms with Crippen LogP contribution in [0.1, 0.15) is 19.8 Å². The third-order valence-corrected chi connectivity index (χ3v) is 1.22. The van der Waals surface area contributed by atoms with E-state index in [9.17, 15) is 0 Å². The van der Waals surface area contributed by atoms with Crippen LogP contribution in [0.15, 0.2) is 24.3 Å². The van der Waals surface area contributed by atoms with E-state index in [1.165, 1.54) is 0 Å². The fourth-order valence-corrected chi connectivity index (χ4v) is 0.678. The molecule has 0 fully saturated rings. The number of hydrogen-bond donors (Lipinski definition) is 1. The highest BCUT2D eigenvalue weighted by Crippen LogP contribution is 1.91. The lowest BCUT2D eigenvalue weighted by molar-refractivity contribution is 0.911. The molecule has 1 N–H and O–H groups in total. The Hall–Kier alpha value is -0.560. The zero-order chi connectivity index (χ0) is 7.66. The number of unbranched alkanes of at least 4 members (excludes halogenated alkanes) is 1. The maximum atomic E-state index is 3.05. The topological polar surface area (TPSA) is 12.0 Å². The van der Waals surface area contributed by atoms with Crippen LogP contribution in [-0.4, -0.2) is 13.6 Å². The molecule has 0 heterocycles. The van der Waals surface area contributed by atoms with Crippen LogP contribution in [0.2, 0.25) is 0 Å². The molecule has 0 aliphatic rings. The molecule has 0 atom stereocenters. The summed E-state index contributed by atoms with van der Waals surface area (Å²) in [6.07, 6.45) is 11.0. The smallest absolute Gasteiger partial charge is 0.0131 e. The zero-order valence-electron chi connectivity index (χ0n) is 6.93. The minimum atomic E-state index is 0.982. The fourth-order valence-electron chi connectivity index (χ4n) is 0.678. The quantitative estimate of drug-likeness (QED) is 0.454. The molecule has 1 nitrogen and oxygen atoms in total. The second kappa shape index (κ2) is 8.44. The van der Waals surface area contributed by atoms with Crippen LogP contribution in [-0.2, 0) is 0 Å². The van der Waals surface area contributed by atoms with Crippen molar-refractivity contribution in [3.8, 4) is 0 Å². The Morgan fingerprint density at radius 1 is 1.10 bits per heavy atom. The molecule has 0 aromatic rings. The molecule has 0 rings (SSSR count). The Bertz CT molecular complexity index is 103. The summed E-state index contributed by atoms with van der Waals surface area (Å²) in [5, 5.41) is 3.05. The van der Waals surface area contributed by atoms with Gasteiger partial charge in [-0.1, -0.05) is 24.3 Å². The molecule has 0 bridgehead atoms. The highest BCUT2D eigenvalue weighted by atomic mass is 14.8. The average molecular weight is 139 g/mol. The molecule has 0 aliphatic heterocycles. The Labute approximate surface area is 63.8 Å². The third kappa shape index (κ3) is 7.44. The lowest BCUT2D eigenvalue weighted by Gasteiger charge is -1.87. The molecular formula is C9H17N. The van der Waals surface area contributed by atoms with Gasteiger partial charge in [0, 0.05) is 6.54 Å². The van der Waals surface area contributed by atoms with Crippen LogP contribution in [0.25, 0.3) is 0 Å². The summed E-state index contributed by atoms with van der Waals surface area (Å²) in [4.78, 5) is 0. The van der Waals surface area contributed by atoms with Crippen LogP contribution in [0.4, 0.5) is 0 Å². The first-order valence-corrected chi connectivity index (χ1v) is 3.82. The van der Waals surface area contributed by atoms with E-state index in [1.54, 1.807) is 0 Å². The molecule has 0 spiro atoms. The van der Waals surface area contributed by atoms with Gasteiger partial charge in [-0.2, -0.15) is 0 Å². The van der Waals surface area contributed by atoms with E-state index in [-0.39, 0.29) is 0 Å². The summed E-state index contributed by atoms with van der Waals surface area (Å²) in [5.74, 6) is 0. The Balaban J connectivity index is 3.02. The van der Waals surface area contributed by atoms with E-state index in [0.717, 1.165) is 19.4 Å². The maximum absolute atomic E-state index is 3.05. The van der Waals surface area contributed by atoms with Crippen molar-refractivity contribution in [2.24, 2.45) is 0 Å². The highest BCUT2D eigenvalue weighted by molar-refractivity contribution is 4.87. The van der Waals surface area contributed by atoms with E-state index >= 15 is 0 Å². The van der Waals surface area contributed by atoms with Crippen molar-refractivity contribution in [1.82, 2.24) is 5.32 Å². The van der Waals surface area contributed by atoms with Crippen molar-refractivity contribution in [3.63, 3.8) is 0 Å². The van der Waals surface area contributed by atoms with Gasteiger partial charge in [-0.05, 0) is 26.8 Å². The van der Waals surface area contributed by atoms with Gasteiger partial charge in [-0.25, -0.2) is 0 Å². The van der Waals surface area contributed by atoms with E-state index in [1.807, 2.05) is 7.05 Å². The minimum Gasteiger partial charge on any atom is -0.316 e. The van der Waals surface area contributed by atoms with Crippen LogP contribution >= 0.6 is 0 Å². The fraction of sp³-hybridized carbons (Fsp3) is 0.556. The zero-order valence-corrected chi connectivity index (χ0v) is 6.93. The molecule has 0 aromatic heterocycles. The number of rotatable bonds is 5. The maximum Gasteiger partial charge on any atom is 0.0131 e. The predicted molar refractivity (Wildman–Crippen MR) is 47.1 cm³/mol. The monoisotopic (exact) mass is 139 g/mol. The minimum absolute atomic E-state index is 0.982. The molecule has 10 heavy (non-hydrogen) atoms. The van der Waals surface area contributed by atoms with Crippen LogP contribution < -0.4 is 5.32 Å². The first-order valence-electron chi connectivity index (χ1n) is 3.82. The van der Waals surface area contributed by atoms with E-state index in [0.29, 0.717) is 0 Å². The van der Waals surface area contributed by atoms with Crippen molar-refractivity contribution >= 4 is 0 Å². The van der Waals surface area contributed by atoms with Gasteiger partial charge in [0.25, 0.3) is 0 Å². The van der Waals surface area contributed by atoms with Gasteiger partial charge >= 0.3 is 0 Å². The van der Waals surface area contributed by atoms with Gasteiger partial charge in [0.2, 0.25) is 0 Å². The molecule has 0 radical (unpaired) electrons. The number of hydrogen-bond acceptors (Lipinski definition) is 1. The number of nitrogens with one attached hydrogen (secondary N) is 1. The van der Waals surface area contributed by atoms with Crippen molar-refractivity contribution in [2.75, 3.05) is 13.6 Å². The second-order valence-corrected chi connectivity index (χ2v) is 2.18. The first kappa shape index (κ1) is 9.44. The lowest BCUT2D eigenvalue weighted by atomic mass is 10.3. The molecule has 0 saturated heterocycles. The molecule has 0 saturated carbocycles. The van der Waals surface area contributed by atoms with Crippen molar-refractivity contribution in [2.45, 2.75) is 19.8 Å². The summed E-state index contributed by atoms with van der Waals surface area (Å²) in [5.41, 5.74) is 0. The molecule has 0 aromatic carbocycles. The lowest BCUT2D eigenvalue weighted by Crippen LogP contribution is -2.03. The highest BCUT2D eigenvalue weighted by Gasteiger charge is 1.74. The van der Waals surface area contributed by atoms with Gasteiger partial charge in [0.05, 0.1) is 0 Å². The average Bonchev–Trinajstić information content (AvgIpc) is 1.97. The van der Waals surface area contributed by atoms with Crippen LogP contribution in [0, 0.1) is 0 Å². The van der Waals surface area contributed by atoms with Gasteiger partial charge in [-0.15, -0.1) is 0 Å². The van der Waals surface area contributed by atoms with E-state index in [2.05, 4.69) is 36.5 Å². The van der Waals surface area contributed by atoms with Gasteiger partial charge in [0.1, 0.15) is 0 Å². The summed E-state index contributed by atoms with van der Waals surface area (Å²) in [6, 6.07) is 0. The molecular weight excluding hydrogens is 122 g/mol. The standard InChI is InChI=1S/C9H17N/c1-3-4-5-6-7-8-9-10-2/h3-4,7-8,10H,5-6,9H2,1-2H3/b4-3+,8-7+. The van der Waals surface area contributed by atoms with Crippen molar-refractivity contribution in [3.05, 3.63) is 24.3 Å². The molecule has 0 amide bonds. The molecule has 1 heteroatoms. The van der Waals surface area contributed by atoms with Crippen LogP contribution in [0.3, 0.4) is 0 Å². The summed E-state index contributed by atoms with van der Waals surface area (Å²) < 4.78 is 0. The SMILES string of the molecule is C/C=C/CC/C=C/CNC. The summed E-state index contributed by atoms with van der Waals surface area (Å²) >= 11 is 0. The van der Waals surface area contributed by atoms with Crippen molar-refractivity contribution < 1.29 is 0 Å². The summed E-state index contributed by atoms with van der Waals surface area (Å²) in [7, 11) is 1.95.